The highest BCUT2D eigenvalue weighted by atomic mass is 19.1. The maximum atomic E-state index is 13.2. The van der Waals surface area contributed by atoms with Crippen molar-refractivity contribution in [3.05, 3.63) is 35.6 Å². The summed E-state index contributed by atoms with van der Waals surface area (Å²) in [7, 11) is 0. The Labute approximate surface area is 96.9 Å². The summed E-state index contributed by atoms with van der Waals surface area (Å²) in [5.41, 5.74) is 7.06. The third kappa shape index (κ3) is 2.27. The Balaban J connectivity index is 2.15. The molecule has 0 aromatic heterocycles. The van der Waals surface area contributed by atoms with E-state index in [1.165, 1.54) is 25.3 Å². The number of hydrogen-bond donors (Lipinski definition) is 1. The predicted molar refractivity (Wildman–Crippen MR) is 64.5 cm³/mol. The number of rotatable bonds is 2. The Morgan fingerprint density at radius 1 is 1.38 bits per heavy atom. The molecular weight excluding hydrogens is 201 g/mol. The Kier molecular flexibility index (Phi) is 3.29. The van der Waals surface area contributed by atoms with Crippen molar-refractivity contribution in [2.75, 3.05) is 0 Å². The van der Waals surface area contributed by atoms with Crippen LogP contribution in [0.4, 0.5) is 4.39 Å². The molecule has 2 N–H and O–H groups in total. The highest BCUT2D eigenvalue weighted by Crippen LogP contribution is 2.38. The summed E-state index contributed by atoms with van der Waals surface area (Å²) < 4.78 is 13.2. The van der Waals surface area contributed by atoms with E-state index in [-0.39, 0.29) is 11.4 Å². The molecule has 16 heavy (non-hydrogen) atoms. The zero-order valence-corrected chi connectivity index (χ0v) is 9.88. The van der Waals surface area contributed by atoms with Gasteiger partial charge in [0.25, 0.3) is 0 Å². The molecule has 1 aromatic rings. The third-order valence-electron chi connectivity index (χ3n) is 3.97. The van der Waals surface area contributed by atoms with E-state index in [4.69, 9.17) is 5.73 Å². The highest BCUT2D eigenvalue weighted by Gasteiger charge is 2.32. The van der Waals surface area contributed by atoms with E-state index < -0.39 is 0 Å². The summed E-state index contributed by atoms with van der Waals surface area (Å²) in [6.45, 7) is 2.23. The first-order valence-electron chi connectivity index (χ1n) is 6.19. The van der Waals surface area contributed by atoms with Gasteiger partial charge in [-0.2, -0.15) is 0 Å². The van der Waals surface area contributed by atoms with Gasteiger partial charge in [-0.1, -0.05) is 25.5 Å². The standard InChI is InChI=1S/C14H20FN/c1-2-11-6-8-14(16,9-7-11)12-4-3-5-13(15)10-12/h3-5,10-11H,2,6-9,16H2,1H3. The minimum absolute atomic E-state index is 0.181. The SMILES string of the molecule is CCC1CCC(N)(c2cccc(F)c2)CC1. The lowest BCUT2D eigenvalue weighted by molar-refractivity contribution is 0.231. The predicted octanol–water partition coefficient (Wildman–Crippen LogP) is 3.58. The van der Waals surface area contributed by atoms with Crippen LogP contribution in [0.15, 0.2) is 24.3 Å². The summed E-state index contributed by atoms with van der Waals surface area (Å²) >= 11 is 0. The first kappa shape index (κ1) is 11.6. The van der Waals surface area contributed by atoms with Crippen molar-refractivity contribution >= 4 is 0 Å². The lowest BCUT2D eigenvalue weighted by atomic mass is 9.73. The van der Waals surface area contributed by atoms with Gasteiger partial charge in [-0.05, 0) is 49.3 Å². The lowest BCUT2D eigenvalue weighted by Gasteiger charge is -2.37. The molecule has 0 heterocycles. The van der Waals surface area contributed by atoms with E-state index in [1.807, 2.05) is 6.07 Å². The van der Waals surface area contributed by atoms with Gasteiger partial charge in [-0.15, -0.1) is 0 Å². The Morgan fingerprint density at radius 2 is 2.06 bits per heavy atom. The summed E-state index contributed by atoms with van der Waals surface area (Å²) in [5.74, 6) is 0.630. The zero-order chi connectivity index (χ0) is 11.6. The van der Waals surface area contributed by atoms with Crippen molar-refractivity contribution in [1.82, 2.24) is 0 Å². The molecule has 88 valence electrons. The average Bonchev–Trinajstić information content (AvgIpc) is 2.30. The van der Waals surface area contributed by atoms with Crippen molar-refractivity contribution in [2.45, 2.75) is 44.6 Å². The van der Waals surface area contributed by atoms with Crippen molar-refractivity contribution in [1.29, 1.82) is 0 Å². The molecule has 1 saturated carbocycles. The van der Waals surface area contributed by atoms with E-state index in [0.29, 0.717) is 0 Å². The third-order valence-corrected chi connectivity index (χ3v) is 3.97. The molecule has 0 amide bonds. The van der Waals surface area contributed by atoms with Gasteiger partial charge in [0.15, 0.2) is 0 Å². The minimum Gasteiger partial charge on any atom is -0.321 e. The Bertz CT molecular complexity index is 354. The van der Waals surface area contributed by atoms with Crippen LogP contribution in [0.2, 0.25) is 0 Å². The maximum absolute atomic E-state index is 13.2. The van der Waals surface area contributed by atoms with Crippen molar-refractivity contribution < 1.29 is 4.39 Å². The second-order valence-electron chi connectivity index (χ2n) is 5.02. The van der Waals surface area contributed by atoms with Crippen LogP contribution >= 0.6 is 0 Å². The smallest absolute Gasteiger partial charge is 0.123 e. The van der Waals surface area contributed by atoms with Gasteiger partial charge in [-0.3, -0.25) is 0 Å². The van der Waals surface area contributed by atoms with Crippen molar-refractivity contribution in [2.24, 2.45) is 11.7 Å². The first-order valence-corrected chi connectivity index (χ1v) is 6.19. The summed E-state index contributed by atoms with van der Waals surface area (Å²) in [4.78, 5) is 0. The highest BCUT2D eigenvalue weighted by molar-refractivity contribution is 5.25. The number of halogens is 1. The fourth-order valence-electron chi connectivity index (χ4n) is 2.69. The van der Waals surface area contributed by atoms with Crippen molar-refractivity contribution in [3.63, 3.8) is 0 Å². The number of hydrogen-bond acceptors (Lipinski definition) is 1. The van der Waals surface area contributed by atoms with Crippen LogP contribution in [0.3, 0.4) is 0 Å². The molecule has 0 spiro atoms. The number of benzene rings is 1. The molecule has 2 heteroatoms. The normalized spacial score (nSPS) is 30.3. The topological polar surface area (TPSA) is 26.0 Å². The van der Waals surface area contributed by atoms with Gasteiger partial charge < -0.3 is 5.73 Å². The molecule has 0 aliphatic heterocycles. The van der Waals surface area contributed by atoms with E-state index in [2.05, 4.69) is 6.92 Å². The van der Waals surface area contributed by atoms with Crippen LogP contribution in [0.1, 0.15) is 44.6 Å². The van der Waals surface area contributed by atoms with E-state index in [0.717, 1.165) is 24.3 Å². The molecule has 0 unspecified atom stereocenters. The molecule has 2 rings (SSSR count). The van der Waals surface area contributed by atoms with E-state index in [1.54, 1.807) is 12.1 Å². The van der Waals surface area contributed by atoms with Gasteiger partial charge >= 0.3 is 0 Å². The first-order chi connectivity index (χ1) is 7.64. The molecule has 0 radical (unpaired) electrons. The van der Waals surface area contributed by atoms with Crippen molar-refractivity contribution in [3.8, 4) is 0 Å². The van der Waals surface area contributed by atoms with E-state index >= 15 is 0 Å². The van der Waals surface area contributed by atoms with Gasteiger partial charge in [0.2, 0.25) is 0 Å². The van der Waals surface area contributed by atoms with Crippen LogP contribution in [0.25, 0.3) is 0 Å². The summed E-state index contributed by atoms with van der Waals surface area (Å²) in [6, 6.07) is 6.78. The van der Waals surface area contributed by atoms with Gasteiger partial charge in [0.1, 0.15) is 5.82 Å². The molecule has 1 aliphatic carbocycles. The average molecular weight is 221 g/mol. The van der Waals surface area contributed by atoms with Gasteiger partial charge in [0, 0.05) is 5.54 Å². The fraction of sp³-hybridized carbons (Fsp3) is 0.571. The molecule has 1 fully saturated rings. The van der Waals surface area contributed by atoms with Crippen LogP contribution in [-0.2, 0) is 5.54 Å². The summed E-state index contributed by atoms with van der Waals surface area (Å²) in [5, 5.41) is 0. The molecule has 1 aromatic carbocycles. The molecule has 0 atom stereocenters. The molecule has 1 nitrogen and oxygen atoms in total. The van der Waals surface area contributed by atoms with Crippen LogP contribution in [-0.4, -0.2) is 0 Å². The Hall–Kier alpha value is -0.890. The number of nitrogens with two attached hydrogens (primary N) is 1. The van der Waals surface area contributed by atoms with Crippen LogP contribution in [0.5, 0.6) is 0 Å². The second-order valence-corrected chi connectivity index (χ2v) is 5.02. The van der Waals surface area contributed by atoms with Crippen LogP contribution in [0, 0.1) is 11.7 Å². The quantitative estimate of drug-likeness (QED) is 0.811. The largest absolute Gasteiger partial charge is 0.321 e. The fourth-order valence-corrected chi connectivity index (χ4v) is 2.69. The molecular formula is C14H20FN. The minimum atomic E-state index is -0.298. The summed E-state index contributed by atoms with van der Waals surface area (Å²) in [6.07, 6.45) is 5.54. The zero-order valence-electron chi connectivity index (χ0n) is 9.88. The Morgan fingerprint density at radius 3 is 2.62 bits per heavy atom. The molecule has 0 saturated heterocycles. The maximum Gasteiger partial charge on any atom is 0.123 e. The second kappa shape index (κ2) is 4.54. The van der Waals surface area contributed by atoms with Gasteiger partial charge in [0.05, 0.1) is 0 Å². The molecule has 0 bridgehead atoms. The monoisotopic (exact) mass is 221 g/mol. The van der Waals surface area contributed by atoms with Gasteiger partial charge in [-0.25, -0.2) is 4.39 Å². The lowest BCUT2D eigenvalue weighted by Crippen LogP contribution is -2.40. The van der Waals surface area contributed by atoms with Crippen LogP contribution < -0.4 is 5.73 Å². The molecule has 1 aliphatic rings. The van der Waals surface area contributed by atoms with E-state index in [9.17, 15) is 4.39 Å².